The first-order valence-electron chi connectivity index (χ1n) is 14.3. The van der Waals surface area contributed by atoms with Gasteiger partial charge in [-0.15, -0.1) is 5.06 Å². The van der Waals surface area contributed by atoms with E-state index >= 15 is 0 Å². The second-order valence-electron chi connectivity index (χ2n) is 11.5. The summed E-state index contributed by atoms with van der Waals surface area (Å²) in [6.45, 7) is 7.16. The van der Waals surface area contributed by atoms with Gasteiger partial charge in [-0.05, 0) is 75.4 Å². The average molecular weight is 611 g/mol. The van der Waals surface area contributed by atoms with Gasteiger partial charge >= 0.3 is 12.4 Å². The van der Waals surface area contributed by atoms with Gasteiger partial charge in [0.2, 0.25) is 0 Å². The minimum absolute atomic E-state index is 0.108. The van der Waals surface area contributed by atoms with Crippen molar-refractivity contribution >= 4 is 16.9 Å². The Morgan fingerprint density at radius 1 is 0.953 bits per heavy atom. The third kappa shape index (κ3) is 6.62. The van der Waals surface area contributed by atoms with E-state index in [9.17, 15) is 26.3 Å². The molecule has 0 N–H and O–H groups in total. The number of pyridine rings is 1. The minimum Gasteiger partial charge on any atom is -0.409 e. The number of hydrogen-bond donors (Lipinski definition) is 0. The van der Waals surface area contributed by atoms with E-state index in [2.05, 4.69) is 10.00 Å². The quantitative estimate of drug-likeness (QED) is 0.242. The lowest BCUT2D eigenvalue weighted by Crippen LogP contribution is -2.42. The zero-order valence-corrected chi connectivity index (χ0v) is 24.9. The molecule has 1 aliphatic carbocycles. The fourth-order valence-electron chi connectivity index (χ4n) is 5.89. The van der Waals surface area contributed by atoms with Crippen LogP contribution in [-0.4, -0.2) is 51.0 Å². The van der Waals surface area contributed by atoms with Crippen molar-refractivity contribution in [3.63, 3.8) is 0 Å². The maximum absolute atomic E-state index is 13.7. The summed E-state index contributed by atoms with van der Waals surface area (Å²) in [4.78, 5) is 14.8. The number of anilines is 1. The minimum atomic E-state index is -4.94. The number of benzene rings is 1. The SMILES string of the molecule is CCN(CC1CCC1)c1nc2c(cc1CN(Cc1cc(C(F)(F)F)cc(C(F)(F)F)c1)C1C=C(C)ON1C)c(C)nn2C. The number of likely N-dealkylation sites (N-methyl/N-ethyl adjacent to an activating group) is 1. The molecule has 1 unspecified atom stereocenters. The highest BCUT2D eigenvalue weighted by atomic mass is 19.4. The van der Waals surface area contributed by atoms with Gasteiger partial charge in [-0.3, -0.25) is 9.58 Å². The van der Waals surface area contributed by atoms with Gasteiger partial charge in [0.15, 0.2) is 5.65 Å². The number of halogens is 6. The van der Waals surface area contributed by atoms with Gasteiger partial charge in [0, 0.05) is 51.2 Å². The summed E-state index contributed by atoms with van der Waals surface area (Å²) >= 11 is 0. The first kappa shape index (κ1) is 31.1. The van der Waals surface area contributed by atoms with Crippen molar-refractivity contribution in [2.75, 3.05) is 25.0 Å². The molecule has 1 fully saturated rings. The van der Waals surface area contributed by atoms with Crippen LogP contribution in [0, 0.1) is 12.8 Å². The van der Waals surface area contributed by atoms with Gasteiger partial charge in [0.05, 0.1) is 16.8 Å². The molecule has 3 aromatic rings. The van der Waals surface area contributed by atoms with Crippen LogP contribution in [0.15, 0.2) is 36.1 Å². The zero-order valence-electron chi connectivity index (χ0n) is 24.9. The predicted molar refractivity (Wildman–Crippen MR) is 151 cm³/mol. The Morgan fingerprint density at radius 3 is 2.12 bits per heavy atom. The Bertz CT molecular complexity index is 1480. The highest BCUT2D eigenvalue weighted by Gasteiger charge is 2.38. The molecule has 1 aliphatic heterocycles. The normalized spacial score (nSPS) is 18.3. The molecule has 0 radical (unpaired) electrons. The van der Waals surface area contributed by atoms with E-state index in [1.54, 1.807) is 34.7 Å². The van der Waals surface area contributed by atoms with E-state index in [-0.39, 0.29) is 24.7 Å². The topological polar surface area (TPSA) is 49.7 Å². The smallest absolute Gasteiger partial charge is 0.409 e. The van der Waals surface area contributed by atoms with E-state index < -0.39 is 29.6 Å². The number of rotatable bonds is 9. The lowest BCUT2D eigenvalue weighted by atomic mass is 9.85. The second-order valence-corrected chi connectivity index (χ2v) is 11.5. The molecule has 234 valence electrons. The molecular formula is C30H36F6N6O. The fourth-order valence-corrected chi connectivity index (χ4v) is 5.89. The third-order valence-electron chi connectivity index (χ3n) is 8.26. The maximum Gasteiger partial charge on any atom is 0.416 e. The van der Waals surface area contributed by atoms with Crippen molar-refractivity contribution in [3.8, 4) is 0 Å². The van der Waals surface area contributed by atoms with Crippen LogP contribution in [0.5, 0.6) is 0 Å². The summed E-state index contributed by atoms with van der Waals surface area (Å²) in [5.41, 5.74) is -0.502. The van der Waals surface area contributed by atoms with E-state index in [1.165, 1.54) is 6.42 Å². The monoisotopic (exact) mass is 610 g/mol. The predicted octanol–water partition coefficient (Wildman–Crippen LogP) is 7.05. The lowest BCUT2D eigenvalue weighted by molar-refractivity contribution is -0.143. The summed E-state index contributed by atoms with van der Waals surface area (Å²) in [5, 5.41) is 6.91. The molecule has 0 saturated heterocycles. The van der Waals surface area contributed by atoms with Crippen LogP contribution in [0.4, 0.5) is 32.2 Å². The molecule has 43 heavy (non-hydrogen) atoms. The number of alkyl halides is 6. The summed E-state index contributed by atoms with van der Waals surface area (Å²) < 4.78 is 83.9. The summed E-state index contributed by atoms with van der Waals surface area (Å²) in [5.74, 6) is 1.85. The van der Waals surface area contributed by atoms with Crippen molar-refractivity contribution in [3.05, 3.63) is 64.0 Å². The van der Waals surface area contributed by atoms with Crippen molar-refractivity contribution < 1.29 is 31.2 Å². The van der Waals surface area contributed by atoms with Gasteiger partial charge in [-0.1, -0.05) is 6.42 Å². The highest BCUT2D eigenvalue weighted by Crippen LogP contribution is 2.38. The van der Waals surface area contributed by atoms with Gasteiger partial charge in [0.25, 0.3) is 0 Å². The van der Waals surface area contributed by atoms with Gasteiger partial charge < -0.3 is 9.74 Å². The van der Waals surface area contributed by atoms with Crippen LogP contribution < -0.4 is 4.90 Å². The van der Waals surface area contributed by atoms with Gasteiger partial charge in [-0.2, -0.15) is 31.4 Å². The summed E-state index contributed by atoms with van der Waals surface area (Å²) in [7, 11) is 3.51. The molecular weight excluding hydrogens is 574 g/mol. The average Bonchev–Trinajstić information content (AvgIpc) is 3.37. The molecule has 2 aromatic heterocycles. The number of aryl methyl sites for hydroxylation is 2. The van der Waals surface area contributed by atoms with Crippen molar-refractivity contribution in [1.29, 1.82) is 0 Å². The van der Waals surface area contributed by atoms with Crippen molar-refractivity contribution in [2.45, 2.75) is 71.6 Å². The Balaban J connectivity index is 1.60. The van der Waals surface area contributed by atoms with Crippen molar-refractivity contribution in [2.24, 2.45) is 13.0 Å². The van der Waals surface area contributed by atoms with Crippen LogP contribution >= 0.6 is 0 Å². The molecule has 5 rings (SSSR count). The summed E-state index contributed by atoms with van der Waals surface area (Å²) in [6, 6.07) is 3.73. The van der Waals surface area contributed by atoms with E-state index in [1.807, 2.05) is 27.0 Å². The lowest BCUT2D eigenvalue weighted by Gasteiger charge is -2.35. The molecule has 1 atom stereocenters. The van der Waals surface area contributed by atoms with E-state index in [0.29, 0.717) is 23.9 Å². The van der Waals surface area contributed by atoms with E-state index in [4.69, 9.17) is 9.82 Å². The highest BCUT2D eigenvalue weighted by molar-refractivity contribution is 5.81. The molecule has 0 spiro atoms. The molecule has 1 saturated carbocycles. The standard InChI is InChI=1S/C30H36F6N6O/c1-6-41(15-20-8-7-9-20)27-22(13-25-19(3)38-39(4)28(25)37-27)17-42(26-10-18(2)43-40(26)5)16-21-11-23(29(31,32)33)14-24(12-21)30(34,35)36/h10-14,20,26H,6-9,15-17H2,1-5H3. The molecule has 0 amide bonds. The number of hydroxylamine groups is 2. The number of fused-ring (bicyclic) bond motifs is 1. The molecule has 13 heteroatoms. The first-order chi connectivity index (χ1) is 20.1. The molecule has 0 bridgehead atoms. The first-order valence-corrected chi connectivity index (χ1v) is 14.3. The number of hydrogen-bond acceptors (Lipinski definition) is 6. The molecule has 2 aliphatic rings. The van der Waals surface area contributed by atoms with Crippen LogP contribution in [0.1, 0.15) is 61.1 Å². The van der Waals surface area contributed by atoms with E-state index in [0.717, 1.165) is 54.0 Å². The Hall–Kier alpha value is -3.32. The van der Waals surface area contributed by atoms with Crippen LogP contribution in [-0.2, 0) is 37.3 Å². The maximum atomic E-state index is 13.7. The van der Waals surface area contributed by atoms with Crippen LogP contribution in [0.3, 0.4) is 0 Å². The Kier molecular flexibility index (Phi) is 8.42. The molecule has 7 nitrogen and oxygen atoms in total. The van der Waals surface area contributed by atoms with Gasteiger partial charge in [-0.25, -0.2) is 4.98 Å². The largest absolute Gasteiger partial charge is 0.416 e. The number of nitrogens with zero attached hydrogens (tertiary/aromatic N) is 6. The number of allylic oxidation sites excluding steroid dienone is 1. The number of aromatic nitrogens is 3. The Morgan fingerprint density at radius 2 is 1.60 bits per heavy atom. The fraction of sp³-hybridized carbons (Fsp3) is 0.533. The zero-order chi connectivity index (χ0) is 31.3. The van der Waals surface area contributed by atoms with Crippen LogP contribution in [0.25, 0.3) is 11.0 Å². The Labute approximate surface area is 246 Å². The third-order valence-corrected chi connectivity index (χ3v) is 8.26. The van der Waals surface area contributed by atoms with Crippen molar-refractivity contribution in [1.82, 2.24) is 24.7 Å². The molecule has 1 aromatic carbocycles. The van der Waals surface area contributed by atoms with Crippen LogP contribution in [0.2, 0.25) is 0 Å². The second kappa shape index (κ2) is 11.6. The van der Waals surface area contributed by atoms with Gasteiger partial charge in [0.1, 0.15) is 17.7 Å². The molecule has 3 heterocycles. The summed E-state index contributed by atoms with van der Waals surface area (Å²) in [6.07, 6.45) is -5.17.